The van der Waals surface area contributed by atoms with Gasteiger partial charge in [0.1, 0.15) is 9.88 Å². The fourth-order valence-electron chi connectivity index (χ4n) is 2.64. The zero-order chi connectivity index (χ0) is 16.9. The Morgan fingerprint density at radius 3 is 2.71 bits per heavy atom. The van der Waals surface area contributed by atoms with Crippen LogP contribution >= 0.6 is 22.7 Å². The van der Waals surface area contributed by atoms with E-state index in [0.29, 0.717) is 17.3 Å². The Balaban J connectivity index is 1.69. The Hall–Kier alpha value is -1.98. The normalized spacial score (nSPS) is 12.1. The lowest BCUT2D eigenvalue weighted by molar-refractivity contribution is 0.0954. The molecule has 0 aliphatic heterocycles. The summed E-state index contributed by atoms with van der Waals surface area (Å²) in [5.74, 6) is 0.306. The predicted octanol–water partition coefficient (Wildman–Crippen LogP) is 5.10. The van der Waals surface area contributed by atoms with Crippen LogP contribution in [-0.2, 0) is 0 Å². The van der Waals surface area contributed by atoms with Gasteiger partial charge >= 0.3 is 0 Å². The molecular weight excluding hydrogens is 336 g/mol. The molecule has 1 unspecified atom stereocenters. The first-order valence-corrected chi connectivity index (χ1v) is 9.78. The van der Waals surface area contributed by atoms with E-state index >= 15 is 0 Å². The first-order chi connectivity index (χ1) is 11.7. The summed E-state index contributed by atoms with van der Waals surface area (Å²) in [5, 5.41) is 8.08. The average molecular weight is 357 g/mol. The van der Waals surface area contributed by atoms with Gasteiger partial charge in [0.05, 0.1) is 5.69 Å². The predicted molar refractivity (Wildman–Crippen MR) is 102 cm³/mol. The molecule has 0 saturated heterocycles. The third-order valence-corrected chi connectivity index (χ3v) is 5.93. The summed E-state index contributed by atoms with van der Waals surface area (Å²) in [6.07, 6.45) is 0.992. The number of thiazole rings is 1. The minimum Gasteiger partial charge on any atom is -0.351 e. The van der Waals surface area contributed by atoms with E-state index in [1.807, 2.05) is 36.6 Å². The van der Waals surface area contributed by atoms with Gasteiger partial charge in [0.15, 0.2) is 0 Å². The lowest BCUT2D eigenvalue weighted by atomic mass is 9.96. The highest BCUT2D eigenvalue weighted by Crippen LogP contribution is 2.29. The summed E-state index contributed by atoms with van der Waals surface area (Å²) in [5.41, 5.74) is 3.15. The number of benzene rings is 1. The molecule has 3 aromatic rings. The molecule has 3 nitrogen and oxygen atoms in total. The van der Waals surface area contributed by atoms with Gasteiger partial charge in [0.25, 0.3) is 5.91 Å². The molecule has 0 bridgehead atoms. The third-order valence-electron chi connectivity index (χ3n) is 4.04. The van der Waals surface area contributed by atoms with E-state index in [1.165, 1.54) is 16.9 Å². The van der Waals surface area contributed by atoms with Gasteiger partial charge in [0.2, 0.25) is 0 Å². The molecule has 1 amide bonds. The quantitative estimate of drug-likeness (QED) is 0.667. The number of amides is 1. The van der Waals surface area contributed by atoms with E-state index in [2.05, 4.69) is 34.7 Å². The molecule has 2 aromatic heterocycles. The fraction of sp³-hybridized carbons (Fsp3) is 0.263. The number of aryl methyl sites for hydroxylation is 1. The maximum atomic E-state index is 12.6. The summed E-state index contributed by atoms with van der Waals surface area (Å²) >= 11 is 3.10. The molecule has 1 atom stereocenters. The smallest absolute Gasteiger partial charge is 0.263 e. The average Bonchev–Trinajstić information content (AvgIpc) is 3.25. The Morgan fingerprint density at radius 1 is 1.25 bits per heavy atom. The third kappa shape index (κ3) is 3.74. The van der Waals surface area contributed by atoms with Crippen LogP contribution in [-0.4, -0.2) is 17.4 Å². The molecule has 0 aliphatic carbocycles. The maximum absolute atomic E-state index is 12.6. The van der Waals surface area contributed by atoms with Gasteiger partial charge in [-0.25, -0.2) is 4.98 Å². The van der Waals surface area contributed by atoms with Crippen molar-refractivity contribution in [2.45, 2.75) is 26.2 Å². The SMILES string of the molecule is CCC(CNC(=O)c1sc(-c2ccsc2)nc1C)c1ccccc1. The summed E-state index contributed by atoms with van der Waals surface area (Å²) in [6, 6.07) is 12.4. The van der Waals surface area contributed by atoms with Gasteiger partial charge < -0.3 is 5.32 Å². The Bertz CT molecular complexity index is 794. The summed E-state index contributed by atoms with van der Waals surface area (Å²) in [4.78, 5) is 17.8. The number of nitrogens with one attached hydrogen (secondary N) is 1. The summed E-state index contributed by atoms with van der Waals surface area (Å²) < 4.78 is 0. The molecule has 5 heteroatoms. The topological polar surface area (TPSA) is 42.0 Å². The molecule has 0 aliphatic rings. The molecule has 2 heterocycles. The van der Waals surface area contributed by atoms with E-state index in [1.54, 1.807) is 11.3 Å². The fourth-order valence-corrected chi connectivity index (χ4v) is 4.33. The molecule has 1 N–H and O–H groups in total. The molecule has 0 spiro atoms. The zero-order valence-corrected chi connectivity index (χ0v) is 15.4. The number of aromatic nitrogens is 1. The van der Waals surface area contributed by atoms with Gasteiger partial charge in [-0.3, -0.25) is 4.79 Å². The van der Waals surface area contributed by atoms with Crippen LogP contribution < -0.4 is 5.32 Å². The van der Waals surface area contributed by atoms with Gasteiger partial charge in [-0.2, -0.15) is 11.3 Å². The van der Waals surface area contributed by atoms with E-state index in [-0.39, 0.29) is 5.91 Å². The molecular formula is C19H20N2OS2. The van der Waals surface area contributed by atoms with Crippen LogP contribution in [0.1, 0.15) is 40.2 Å². The second kappa shape index (κ2) is 7.73. The highest BCUT2D eigenvalue weighted by Gasteiger charge is 2.18. The van der Waals surface area contributed by atoms with Crippen molar-refractivity contribution in [1.29, 1.82) is 0 Å². The van der Waals surface area contributed by atoms with Crippen LogP contribution in [0.2, 0.25) is 0 Å². The van der Waals surface area contributed by atoms with E-state index < -0.39 is 0 Å². The minimum atomic E-state index is -0.0270. The number of nitrogens with zero attached hydrogens (tertiary/aromatic N) is 1. The van der Waals surface area contributed by atoms with Gasteiger partial charge in [0, 0.05) is 23.4 Å². The van der Waals surface area contributed by atoms with Crippen LogP contribution in [0.15, 0.2) is 47.2 Å². The lowest BCUT2D eigenvalue weighted by Crippen LogP contribution is -2.28. The number of carbonyl (C=O) groups is 1. The summed E-state index contributed by atoms with van der Waals surface area (Å²) in [6.45, 7) is 4.69. The van der Waals surface area contributed by atoms with Crippen LogP contribution in [0.25, 0.3) is 10.6 Å². The molecule has 3 rings (SSSR count). The van der Waals surface area contributed by atoms with E-state index in [9.17, 15) is 4.79 Å². The lowest BCUT2D eigenvalue weighted by Gasteiger charge is -2.16. The number of thiophene rings is 1. The van der Waals surface area contributed by atoms with Gasteiger partial charge in [-0.05, 0) is 30.4 Å². The molecule has 0 fully saturated rings. The Labute approximate surface area is 150 Å². The molecule has 0 saturated carbocycles. The largest absolute Gasteiger partial charge is 0.351 e. The van der Waals surface area contributed by atoms with Crippen LogP contribution in [0, 0.1) is 6.92 Å². The minimum absolute atomic E-state index is 0.0270. The van der Waals surface area contributed by atoms with Crippen molar-refractivity contribution >= 4 is 28.6 Å². The first-order valence-electron chi connectivity index (χ1n) is 8.02. The zero-order valence-electron chi connectivity index (χ0n) is 13.8. The van der Waals surface area contributed by atoms with Gasteiger partial charge in [-0.1, -0.05) is 37.3 Å². The molecule has 0 radical (unpaired) electrons. The van der Waals surface area contributed by atoms with Crippen molar-refractivity contribution in [1.82, 2.24) is 10.3 Å². The number of rotatable bonds is 6. The van der Waals surface area contributed by atoms with Crippen molar-refractivity contribution in [2.75, 3.05) is 6.54 Å². The van der Waals surface area contributed by atoms with Crippen LogP contribution in [0.5, 0.6) is 0 Å². The van der Waals surface area contributed by atoms with Crippen LogP contribution in [0.4, 0.5) is 0 Å². The number of carbonyl (C=O) groups excluding carboxylic acids is 1. The Kier molecular flexibility index (Phi) is 5.43. The number of hydrogen-bond acceptors (Lipinski definition) is 4. The van der Waals surface area contributed by atoms with Crippen LogP contribution in [0.3, 0.4) is 0 Å². The standard InChI is InChI=1S/C19H20N2OS2/c1-3-14(15-7-5-4-6-8-15)11-20-18(22)17-13(2)21-19(24-17)16-9-10-23-12-16/h4-10,12,14H,3,11H2,1-2H3,(H,20,22). The highest BCUT2D eigenvalue weighted by molar-refractivity contribution is 7.17. The van der Waals surface area contributed by atoms with E-state index in [0.717, 1.165) is 22.7 Å². The van der Waals surface area contributed by atoms with Crippen molar-refractivity contribution < 1.29 is 4.79 Å². The van der Waals surface area contributed by atoms with Crippen molar-refractivity contribution in [3.8, 4) is 10.6 Å². The highest BCUT2D eigenvalue weighted by atomic mass is 32.1. The monoisotopic (exact) mass is 356 g/mol. The van der Waals surface area contributed by atoms with Gasteiger partial charge in [-0.15, -0.1) is 11.3 Å². The van der Waals surface area contributed by atoms with Crippen molar-refractivity contribution in [2.24, 2.45) is 0 Å². The second-order valence-electron chi connectivity index (χ2n) is 5.67. The molecule has 1 aromatic carbocycles. The first kappa shape index (κ1) is 16.9. The molecule has 124 valence electrons. The number of hydrogen-bond donors (Lipinski definition) is 1. The maximum Gasteiger partial charge on any atom is 0.263 e. The summed E-state index contributed by atoms with van der Waals surface area (Å²) in [7, 11) is 0. The second-order valence-corrected chi connectivity index (χ2v) is 7.45. The Morgan fingerprint density at radius 2 is 2.04 bits per heavy atom. The van der Waals surface area contributed by atoms with Crippen molar-refractivity contribution in [3.63, 3.8) is 0 Å². The van der Waals surface area contributed by atoms with E-state index in [4.69, 9.17) is 0 Å². The van der Waals surface area contributed by atoms with Crippen molar-refractivity contribution in [3.05, 3.63) is 63.3 Å². The molecule has 24 heavy (non-hydrogen) atoms.